The highest BCUT2D eigenvalue weighted by molar-refractivity contribution is 5.91. The van der Waals surface area contributed by atoms with Gasteiger partial charge in [-0.15, -0.1) is 5.10 Å². The summed E-state index contributed by atoms with van der Waals surface area (Å²) in [6, 6.07) is 7.68. The van der Waals surface area contributed by atoms with Crippen LogP contribution in [-0.4, -0.2) is 25.0 Å². The number of nitro benzene ring substituents is 1. The first kappa shape index (κ1) is 15.3. The molecule has 2 heterocycles. The van der Waals surface area contributed by atoms with Gasteiger partial charge in [-0.3, -0.25) is 19.3 Å². The van der Waals surface area contributed by atoms with Crippen LogP contribution in [0.25, 0.3) is 5.65 Å². The third-order valence-electron chi connectivity index (χ3n) is 3.22. The number of nitrogens with one attached hydrogen (secondary N) is 1. The van der Waals surface area contributed by atoms with E-state index in [1.807, 2.05) is 0 Å². The zero-order chi connectivity index (χ0) is 17.3. The standard InChI is InChI=1S/C14H10FN5O4/c15-10-5-4-9(20(23)24)7-11(10)16-13(21)8-19-14(22)18-6-2-1-3-12(18)17-19/h1-7H,8H2,(H,16,21). The summed E-state index contributed by atoms with van der Waals surface area (Å²) in [5.41, 5.74) is -0.875. The van der Waals surface area contributed by atoms with E-state index in [-0.39, 0.29) is 11.4 Å². The molecule has 10 heteroatoms. The maximum atomic E-state index is 13.7. The number of amides is 1. The number of anilines is 1. The fourth-order valence-electron chi connectivity index (χ4n) is 2.12. The number of fused-ring (bicyclic) bond motifs is 1. The molecule has 0 aliphatic carbocycles. The molecule has 0 spiro atoms. The van der Waals surface area contributed by atoms with Gasteiger partial charge in [-0.1, -0.05) is 6.07 Å². The molecule has 24 heavy (non-hydrogen) atoms. The van der Waals surface area contributed by atoms with Gasteiger partial charge in [0.2, 0.25) is 5.91 Å². The molecule has 0 radical (unpaired) electrons. The predicted molar refractivity (Wildman–Crippen MR) is 81.1 cm³/mol. The van der Waals surface area contributed by atoms with Gasteiger partial charge < -0.3 is 5.32 Å². The van der Waals surface area contributed by atoms with Crippen molar-refractivity contribution in [1.82, 2.24) is 14.2 Å². The van der Waals surface area contributed by atoms with Crippen LogP contribution in [0, 0.1) is 15.9 Å². The lowest BCUT2D eigenvalue weighted by molar-refractivity contribution is -0.384. The van der Waals surface area contributed by atoms with E-state index in [1.54, 1.807) is 18.2 Å². The molecular formula is C14H10FN5O4. The smallest absolute Gasteiger partial charge is 0.322 e. The largest absolute Gasteiger partial charge is 0.350 e. The lowest BCUT2D eigenvalue weighted by Gasteiger charge is -2.05. The molecule has 3 rings (SSSR count). The number of rotatable bonds is 4. The summed E-state index contributed by atoms with van der Waals surface area (Å²) >= 11 is 0. The Morgan fingerprint density at radius 2 is 2.12 bits per heavy atom. The Morgan fingerprint density at radius 3 is 2.83 bits per heavy atom. The Labute approximate surface area is 133 Å². The first-order valence-corrected chi connectivity index (χ1v) is 6.74. The third-order valence-corrected chi connectivity index (χ3v) is 3.22. The van der Waals surface area contributed by atoms with Gasteiger partial charge in [0.05, 0.1) is 10.6 Å². The van der Waals surface area contributed by atoms with Crippen LogP contribution in [-0.2, 0) is 11.3 Å². The molecule has 1 N–H and O–H groups in total. The summed E-state index contributed by atoms with van der Waals surface area (Å²) in [6.45, 7) is -0.456. The van der Waals surface area contributed by atoms with Gasteiger partial charge in [0.1, 0.15) is 12.4 Å². The van der Waals surface area contributed by atoms with Gasteiger partial charge in [0.25, 0.3) is 5.69 Å². The minimum absolute atomic E-state index is 0.342. The van der Waals surface area contributed by atoms with E-state index < -0.39 is 28.9 Å². The van der Waals surface area contributed by atoms with E-state index in [9.17, 15) is 24.1 Å². The number of nitrogens with zero attached hydrogens (tertiary/aromatic N) is 4. The van der Waals surface area contributed by atoms with Crippen molar-refractivity contribution in [2.24, 2.45) is 0 Å². The molecule has 0 fully saturated rings. The van der Waals surface area contributed by atoms with E-state index in [4.69, 9.17) is 0 Å². The molecule has 1 amide bonds. The van der Waals surface area contributed by atoms with Crippen molar-refractivity contribution < 1.29 is 14.1 Å². The van der Waals surface area contributed by atoms with Crippen LogP contribution in [0.5, 0.6) is 0 Å². The van der Waals surface area contributed by atoms with E-state index in [0.717, 1.165) is 22.9 Å². The molecule has 2 aromatic heterocycles. The van der Waals surface area contributed by atoms with Crippen molar-refractivity contribution in [3.05, 3.63) is 69.0 Å². The van der Waals surface area contributed by atoms with Gasteiger partial charge in [0, 0.05) is 18.3 Å². The fraction of sp³-hybridized carbons (Fsp3) is 0.0714. The fourth-order valence-corrected chi connectivity index (χ4v) is 2.12. The summed E-state index contributed by atoms with van der Waals surface area (Å²) in [5.74, 6) is -1.56. The molecule has 0 saturated carbocycles. The average molecular weight is 331 g/mol. The van der Waals surface area contributed by atoms with E-state index in [0.29, 0.717) is 5.65 Å². The number of non-ortho nitro benzene ring substituents is 1. The maximum absolute atomic E-state index is 13.7. The molecule has 3 aromatic rings. The highest BCUT2D eigenvalue weighted by Crippen LogP contribution is 2.21. The highest BCUT2D eigenvalue weighted by atomic mass is 19.1. The monoisotopic (exact) mass is 331 g/mol. The summed E-state index contributed by atoms with van der Waals surface area (Å²) < 4.78 is 15.8. The number of aromatic nitrogens is 3. The number of halogens is 1. The van der Waals surface area contributed by atoms with E-state index >= 15 is 0 Å². The van der Waals surface area contributed by atoms with Crippen molar-refractivity contribution in [2.45, 2.75) is 6.54 Å². The predicted octanol–water partition coefficient (Wildman–Crippen LogP) is 1.18. The maximum Gasteiger partial charge on any atom is 0.350 e. The Kier molecular flexibility index (Phi) is 3.78. The molecule has 0 aliphatic rings. The second-order valence-electron chi connectivity index (χ2n) is 4.84. The second-order valence-corrected chi connectivity index (χ2v) is 4.84. The minimum atomic E-state index is -0.823. The van der Waals surface area contributed by atoms with Crippen LogP contribution in [0.3, 0.4) is 0 Å². The average Bonchev–Trinajstić information content (AvgIpc) is 2.86. The van der Waals surface area contributed by atoms with Crippen molar-refractivity contribution >= 4 is 22.9 Å². The van der Waals surface area contributed by atoms with Crippen LogP contribution in [0.1, 0.15) is 0 Å². The summed E-state index contributed by atoms with van der Waals surface area (Å²) in [4.78, 5) is 34.0. The van der Waals surface area contributed by atoms with Gasteiger partial charge in [-0.2, -0.15) is 0 Å². The summed E-state index contributed by atoms with van der Waals surface area (Å²) in [6.07, 6.45) is 1.50. The molecule has 0 atom stereocenters. The summed E-state index contributed by atoms with van der Waals surface area (Å²) in [7, 11) is 0. The van der Waals surface area contributed by atoms with Gasteiger partial charge >= 0.3 is 5.69 Å². The Bertz CT molecular complexity index is 1010. The molecule has 9 nitrogen and oxygen atoms in total. The Balaban J connectivity index is 1.83. The number of nitro groups is 1. The number of benzene rings is 1. The van der Waals surface area contributed by atoms with Gasteiger partial charge in [-0.05, 0) is 18.2 Å². The normalized spacial score (nSPS) is 10.7. The highest BCUT2D eigenvalue weighted by Gasteiger charge is 2.15. The molecule has 0 bridgehead atoms. The molecule has 0 unspecified atom stereocenters. The van der Waals surface area contributed by atoms with Crippen LogP contribution >= 0.6 is 0 Å². The molecule has 1 aromatic carbocycles. The Morgan fingerprint density at radius 1 is 1.33 bits per heavy atom. The second kappa shape index (κ2) is 5.91. The lowest BCUT2D eigenvalue weighted by Crippen LogP contribution is -2.28. The Hall–Kier alpha value is -3.56. The molecule has 0 aliphatic heterocycles. The quantitative estimate of drug-likeness (QED) is 0.570. The first-order chi connectivity index (χ1) is 11.5. The number of pyridine rings is 1. The van der Waals surface area contributed by atoms with E-state index in [2.05, 4.69) is 10.4 Å². The van der Waals surface area contributed by atoms with Crippen LogP contribution in [0.15, 0.2) is 47.4 Å². The van der Waals surface area contributed by atoms with Crippen molar-refractivity contribution in [3.8, 4) is 0 Å². The minimum Gasteiger partial charge on any atom is -0.322 e. The number of carbonyl (C=O) groups excluding carboxylic acids is 1. The SMILES string of the molecule is O=C(Cn1nc2ccccn2c1=O)Nc1cc([N+](=O)[O-])ccc1F. The number of hydrogen-bond acceptors (Lipinski definition) is 5. The number of carbonyl (C=O) groups is 1. The first-order valence-electron chi connectivity index (χ1n) is 6.74. The van der Waals surface area contributed by atoms with Crippen LogP contribution in [0.2, 0.25) is 0 Å². The molecular weight excluding hydrogens is 321 g/mol. The third kappa shape index (κ3) is 2.84. The van der Waals surface area contributed by atoms with Crippen molar-refractivity contribution in [3.63, 3.8) is 0 Å². The lowest BCUT2D eigenvalue weighted by atomic mass is 10.2. The zero-order valence-corrected chi connectivity index (χ0v) is 12.0. The molecule has 0 saturated heterocycles. The van der Waals surface area contributed by atoms with Crippen LogP contribution in [0.4, 0.5) is 15.8 Å². The van der Waals surface area contributed by atoms with Crippen molar-refractivity contribution in [2.75, 3.05) is 5.32 Å². The topological polar surface area (TPSA) is 112 Å². The summed E-state index contributed by atoms with van der Waals surface area (Å²) in [5, 5.41) is 16.9. The van der Waals surface area contributed by atoms with Gasteiger partial charge in [-0.25, -0.2) is 13.9 Å². The van der Waals surface area contributed by atoms with Crippen LogP contribution < -0.4 is 11.0 Å². The van der Waals surface area contributed by atoms with Gasteiger partial charge in [0.15, 0.2) is 5.65 Å². The molecule has 122 valence electrons. The van der Waals surface area contributed by atoms with E-state index in [1.165, 1.54) is 10.6 Å². The zero-order valence-electron chi connectivity index (χ0n) is 12.0. The number of hydrogen-bond donors (Lipinski definition) is 1. The van der Waals surface area contributed by atoms with Crippen molar-refractivity contribution in [1.29, 1.82) is 0 Å².